The van der Waals surface area contributed by atoms with E-state index < -0.39 is 16.1 Å². The fourth-order valence-electron chi connectivity index (χ4n) is 3.94. The lowest BCUT2D eigenvalue weighted by atomic mass is 9.84. The number of fused-ring (bicyclic) bond motifs is 1. The first-order valence-corrected chi connectivity index (χ1v) is 11.2. The molecule has 0 saturated carbocycles. The van der Waals surface area contributed by atoms with Crippen molar-refractivity contribution in [1.29, 1.82) is 5.26 Å². The van der Waals surface area contributed by atoms with Crippen LogP contribution in [0.15, 0.2) is 35.7 Å². The van der Waals surface area contributed by atoms with Crippen LogP contribution in [0.2, 0.25) is 0 Å². The predicted molar refractivity (Wildman–Crippen MR) is 112 cm³/mol. The van der Waals surface area contributed by atoms with Gasteiger partial charge in [-0.05, 0) is 44.9 Å². The molecule has 3 N–H and O–H groups in total. The van der Waals surface area contributed by atoms with Gasteiger partial charge in [-0.1, -0.05) is 12.1 Å². The molecule has 2 aromatic rings. The SMILES string of the molecule is Cc1nn(C(C)C)c2c1C(c1ccc(N3CCCNS3(=O)=O)cc1)C(C#N)=C(N)O2. The maximum Gasteiger partial charge on any atom is 0.301 e. The van der Waals surface area contributed by atoms with Gasteiger partial charge in [0.05, 0.1) is 28.9 Å². The topological polar surface area (TPSA) is 126 Å². The van der Waals surface area contributed by atoms with Crippen LogP contribution in [0.25, 0.3) is 0 Å². The van der Waals surface area contributed by atoms with E-state index in [0.717, 1.165) is 23.2 Å². The number of nitrogens with two attached hydrogens (primary N) is 1. The average molecular weight is 429 g/mol. The molecule has 1 fully saturated rings. The highest BCUT2D eigenvalue weighted by atomic mass is 32.2. The number of hydrogen-bond donors (Lipinski definition) is 2. The number of nitrogens with zero attached hydrogens (tertiary/aromatic N) is 4. The monoisotopic (exact) mass is 428 g/mol. The Morgan fingerprint density at radius 2 is 2.03 bits per heavy atom. The van der Waals surface area contributed by atoms with Gasteiger partial charge < -0.3 is 10.5 Å². The Morgan fingerprint density at radius 1 is 1.33 bits per heavy atom. The molecule has 30 heavy (non-hydrogen) atoms. The van der Waals surface area contributed by atoms with Crippen molar-refractivity contribution in [2.75, 3.05) is 17.4 Å². The first-order chi connectivity index (χ1) is 14.2. The molecule has 0 amide bonds. The van der Waals surface area contributed by atoms with E-state index in [-0.39, 0.29) is 11.9 Å². The van der Waals surface area contributed by atoms with Gasteiger partial charge in [0.2, 0.25) is 11.8 Å². The molecule has 1 saturated heterocycles. The molecule has 1 aromatic carbocycles. The molecule has 0 aliphatic carbocycles. The average Bonchev–Trinajstić information content (AvgIpc) is 3.03. The molecule has 0 spiro atoms. The third kappa shape index (κ3) is 3.20. The number of aryl methyl sites for hydroxylation is 1. The number of allylic oxidation sites excluding steroid dienone is 1. The van der Waals surface area contributed by atoms with Crippen molar-refractivity contribution in [3.05, 3.63) is 52.5 Å². The first-order valence-electron chi connectivity index (χ1n) is 9.78. The summed E-state index contributed by atoms with van der Waals surface area (Å²) >= 11 is 0. The number of ether oxygens (including phenoxy) is 1. The van der Waals surface area contributed by atoms with Gasteiger partial charge in [0.15, 0.2) is 0 Å². The molecule has 10 heteroatoms. The Balaban J connectivity index is 1.79. The highest BCUT2D eigenvalue weighted by Gasteiger charge is 2.36. The summed E-state index contributed by atoms with van der Waals surface area (Å²) in [5.74, 6) is 0.163. The van der Waals surface area contributed by atoms with Crippen molar-refractivity contribution in [3.63, 3.8) is 0 Å². The second kappa shape index (κ2) is 7.34. The minimum Gasteiger partial charge on any atom is -0.422 e. The van der Waals surface area contributed by atoms with E-state index >= 15 is 0 Å². The van der Waals surface area contributed by atoms with Crippen LogP contribution in [0.1, 0.15) is 49.0 Å². The summed E-state index contributed by atoms with van der Waals surface area (Å²) in [6.45, 7) is 6.73. The van der Waals surface area contributed by atoms with E-state index in [1.165, 1.54) is 4.31 Å². The molecular weight excluding hydrogens is 404 g/mol. The Labute approximate surface area is 175 Å². The smallest absolute Gasteiger partial charge is 0.301 e. The summed E-state index contributed by atoms with van der Waals surface area (Å²) in [4.78, 5) is 0. The van der Waals surface area contributed by atoms with Crippen molar-refractivity contribution in [3.8, 4) is 11.9 Å². The van der Waals surface area contributed by atoms with Crippen molar-refractivity contribution in [1.82, 2.24) is 14.5 Å². The van der Waals surface area contributed by atoms with Gasteiger partial charge in [-0.2, -0.15) is 23.5 Å². The zero-order valence-electron chi connectivity index (χ0n) is 17.1. The number of nitriles is 1. The van der Waals surface area contributed by atoms with E-state index in [4.69, 9.17) is 10.5 Å². The molecule has 1 atom stereocenters. The highest BCUT2D eigenvalue weighted by molar-refractivity contribution is 7.90. The van der Waals surface area contributed by atoms with Crippen molar-refractivity contribution < 1.29 is 13.2 Å². The van der Waals surface area contributed by atoms with E-state index in [1.807, 2.05) is 32.9 Å². The van der Waals surface area contributed by atoms with Gasteiger partial charge in [-0.15, -0.1) is 0 Å². The van der Waals surface area contributed by atoms with Crippen LogP contribution in [-0.2, 0) is 10.2 Å². The third-order valence-electron chi connectivity index (χ3n) is 5.37. The van der Waals surface area contributed by atoms with Gasteiger partial charge in [0.1, 0.15) is 11.6 Å². The minimum absolute atomic E-state index is 0.0590. The van der Waals surface area contributed by atoms with Crippen LogP contribution in [0, 0.1) is 18.3 Å². The second-order valence-corrected chi connectivity index (χ2v) is 9.36. The van der Waals surface area contributed by atoms with Crippen LogP contribution in [-0.4, -0.2) is 31.3 Å². The van der Waals surface area contributed by atoms with Crippen molar-refractivity contribution in [2.24, 2.45) is 5.73 Å². The second-order valence-electron chi connectivity index (χ2n) is 7.68. The molecule has 158 valence electrons. The van der Waals surface area contributed by atoms with Gasteiger partial charge >= 0.3 is 10.2 Å². The fourth-order valence-corrected chi connectivity index (χ4v) is 5.27. The minimum atomic E-state index is -3.53. The Kier molecular flexibility index (Phi) is 4.95. The number of benzene rings is 1. The number of anilines is 1. The van der Waals surface area contributed by atoms with E-state index in [2.05, 4.69) is 15.9 Å². The predicted octanol–water partition coefficient (Wildman–Crippen LogP) is 2.04. The summed E-state index contributed by atoms with van der Waals surface area (Å²) in [5, 5.41) is 14.3. The maximum atomic E-state index is 12.3. The number of hydrogen-bond acceptors (Lipinski definition) is 6. The van der Waals surface area contributed by atoms with Crippen molar-refractivity contribution >= 4 is 15.9 Å². The molecule has 2 aliphatic rings. The standard InChI is InChI=1S/C20H24N6O3S/c1-12(2)26-20-17(13(3)24-26)18(16(11-21)19(22)29-20)14-5-7-15(8-6-14)25-10-4-9-23-30(25,27)28/h5-8,12,18,23H,4,9-10,22H2,1-3H3. The quantitative estimate of drug-likeness (QED) is 0.770. The van der Waals surface area contributed by atoms with Gasteiger partial charge in [-0.3, -0.25) is 4.31 Å². The summed E-state index contributed by atoms with van der Waals surface area (Å²) in [6, 6.07) is 9.40. The summed E-state index contributed by atoms with van der Waals surface area (Å²) in [6.07, 6.45) is 0.732. The molecular formula is C20H24N6O3S. The maximum absolute atomic E-state index is 12.3. The van der Waals surface area contributed by atoms with Gasteiger partial charge in [0.25, 0.3) is 0 Å². The molecule has 0 bridgehead atoms. The van der Waals surface area contributed by atoms with Crippen molar-refractivity contribution in [2.45, 2.75) is 39.2 Å². The van der Waals surface area contributed by atoms with Gasteiger partial charge in [-0.25, -0.2) is 4.68 Å². The lowest BCUT2D eigenvalue weighted by molar-refractivity contribution is 0.334. The molecule has 4 rings (SSSR count). The zero-order chi connectivity index (χ0) is 21.6. The van der Waals surface area contributed by atoms with Crippen LogP contribution in [0.3, 0.4) is 0 Å². The Hall–Kier alpha value is -3.03. The molecule has 0 radical (unpaired) electrons. The summed E-state index contributed by atoms with van der Waals surface area (Å²) in [7, 11) is -3.53. The number of rotatable bonds is 3. The summed E-state index contributed by atoms with van der Waals surface area (Å²) < 4.78 is 36.1. The summed E-state index contributed by atoms with van der Waals surface area (Å²) in [5.41, 5.74) is 9.35. The molecule has 2 aliphatic heterocycles. The fraction of sp³-hybridized carbons (Fsp3) is 0.400. The molecule has 1 unspecified atom stereocenters. The first kappa shape index (κ1) is 20.3. The van der Waals surface area contributed by atoms with Crippen LogP contribution in [0.5, 0.6) is 5.88 Å². The lowest BCUT2D eigenvalue weighted by Gasteiger charge is -2.29. The van der Waals surface area contributed by atoms with Crippen LogP contribution >= 0.6 is 0 Å². The normalized spacial score (nSPS) is 20.6. The zero-order valence-corrected chi connectivity index (χ0v) is 17.9. The third-order valence-corrected chi connectivity index (χ3v) is 6.91. The van der Waals surface area contributed by atoms with E-state index in [1.54, 1.807) is 16.8 Å². The molecule has 3 heterocycles. The highest BCUT2D eigenvalue weighted by Crippen LogP contribution is 2.44. The lowest BCUT2D eigenvalue weighted by Crippen LogP contribution is -2.47. The Bertz CT molecular complexity index is 1160. The van der Waals surface area contributed by atoms with Crippen LogP contribution in [0.4, 0.5) is 5.69 Å². The largest absolute Gasteiger partial charge is 0.422 e. The van der Waals surface area contributed by atoms with Crippen LogP contribution < -0.4 is 19.5 Å². The molecule has 1 aromatic heterocycles. The Morgan fingerprint density at radius 3 is 2.63 bits per heavy atom. The van der Waals surface area contributed by atoms with E-state index in [0.29, 0.717) is 30.2 Å². The van der Waals surface area contributed by atoms with E-state index in [9.17, 15) is 13.7 Å². The number of aromatic nitrogens is 2. The molecule has 9 nitrogen and oxygen atoms in total. The number of nitrogens with one attached hydrogen (secondary N) is 1. The van der Waals surface area contributed by atoms with Gasteiger partial charge in [0, 0.05) is 13.1 Å².